The van der Waals surface area contributed by atoms with E-state index in [9.17, 15) is 4.79 Å². The second-order valence-corrected chi connectivity index (χ2v) is 4.22. The van der Waals surface area contributed by atoms with E-state index in [0.717, 1.165) is 19.3 Å². The summed E-state index contributed by atoms with van der Waals surface area (Å²) in [5, 5.41) is 3.07. The Hall–Kier alpha value is -0.530. The minimum atomic E-state index is -0.220. The number of nitrogens with one attached hydrogen (secondary N) is 1. The maximum absolute atomic E-state index is 11.7. The van der Waals surface area contributed by atoms with Crippen LogP contribution >= 0.6 is 0 Å². The molecule has 0 aromatic carbocycles. The van der Waals surface area contributed by atoms with Gasteiger partial charge >= 0.3 is 0 Å². The zero-order valence-electron chi connectivity index (χ0n) is 9.61. The van der Waals surface area contributed by atoms with Crippen molar-refractivity contribution in [2.24, 2.45) is 5.41 Å². The van der Waals surface area contributed by atoms with Crippen molar-refractivity contribution in [1.29, 1.82) is 0 Å². The molecule has 0 aliphatic rings. The summed E-state index contributed by atoms with van der Waals surface area (Å²) in [6.45, 7) is 10.2. The highest BCUT2D eigenvalue weighted by Crippen LogP contribution is 2.20. The van der Waals surface area contributed by atoms with E-state index < -0.39 is 0 Å². The standard InChI is InChI=1S/C11H23NO/c1-6-9(7-2)12-10(13)11(4,5)8-3/h9H,6-8H2,1-5H3,(H,12,13). The van der Waals surface area contributed by atoms with E-state index in [1.54, 1.807) is 0 Å². The van der Waals surface area contributed by atoms with Gasteiger partial charge in [-0.2, -0.15) is 0 Å². The van der Waals surface area contributed by atoms with Gasteiger partial charge in [0.2, 0.25) is 5.91 Å². The van der Waals surface area contributed by atoms with E-state index in [0.29, 0.717) is 6.04 Å². The van der Waals surface area contributed by atoms with Crippen molar-refractivity contribution in [2.45, 2.75) is 59.9 Å². The molecule has 78 valence electrons. The molecule has 13 heavy (non-hydrogen) atoms. The van der Waals surface area contributed by atoms with E-state index in [2.05, 4.69) is 19.2 Å². The van der Waals surface area contributed by atoms with Gasteiger partial charge in [0.15, 0.2) is 0 Å². The van der Waals surface area contributed by atoms with Crippen molar-refractivity contribution in [3.8, 4) is 0 Å². The van der Waals surface area contributed by atoms with E-state index in [4.69, 9.17) is 0 Å². The van der Waals surface area contributed by atoms with Gasteiger partial charge in [-0.05, 0) is 19.3 Å². The largest absolute Gasteiger partial charge is 0.353 e. The SMILES string of the molecule is CCC(CC)NC(=O)C(C)(C)CC. The molecule has 0 bridgehead atoms. The van der Waals surface area contributed by atoms with Gasteiger partial charge in [-0.25, -0.2) is 0 Å². The summed E-state index contributed by atoms with van der Waals surface area (Å²) >= 11 is 0. The smallest absolute Gasteiger partial charge is 0.225 e. The highest BCUT2D eigenvalue weighted by molar-refractivity contribution is 5.81. The van der Waals surface area contributed by atoms with Gasteiger partial charge in [-0.15, -0.1) is 0 Å². The number of carbonyl (C=O) groups is 1. The lowest BCUT2D eigenvalue weighted by Crippen LogP contribution is -2.42. The number of carbonyl (C=O) groups excluding carboxylic acids is 1. The first-order chi connectivity index (χ1) is 5.97. The Balaban J connectivity index is 4.13. The molecule has 0 radical (unpaired) electrons. The monoisotopic (exact) mass is 185 g/mol. The van der Waals surface area contributed by atoms with Crippen LogP contribution in [-0.2, 0) is 4.79 Å². The summed E-state index contributed by atoms with van der Waals surface area (Å²) in [6.07, 6.45) is 2.92. The molecule has 0 aromatic rings. The fourth-order valence-corrected chi connectivity index (χ4v) is 1.03. The van der Waals surface area contributed by atoms with Gasteiger partial charge < -0.3 is 5.32 Å². The van der Waals surface area contributed by atoms with Gasteiger partial charge in [-0.3, -0.25) is 4.79 Å². The van der Waals surface area contributed by atoms with Crippen molar-refractivity contribution < 1.29 is 4.79 Å². The Morgan fingerprint density at radius 3 is 2.00 bits per heavy atom. The van der Waals surface area contributed by atoms with Crippen LogP contribution in [-0.4, -0.2) is 11.9 Å². The van der Waals surface area contributed by atoms with Gasteiger partial charge in [0.1, 0.15) is 0 Å². The first-order valence-corrected chi connectivity index (χ1v) is 5.28. The topological polar surface area (TPSA) is 29.1 Å². The lowest BCUT2D eigenvalue weighted by atomic mass is 9.89. The normalized spacial score (nSPS) is 11.8. The third kappa shape index (κ3) is 3.79. The zero-order valence-corrected chi connectivity index (χ0v) is 9.61. The first-order valence-electron chi connectivity index (χ1n) is 5.28. The Kier molecular flexibility index (Phi) is 5.04. The molecule has 1 amide bonds. The van der Waals surface area contributed by atoms with E-state index in [-0.39, 0.29) is 11.3 Å². The summed E-state index contributed by atoms with van der Waals surface area (Å²) < 4.78 is 0. The molecule has 0 aromatic heterocycles. The Bertz CT molecular complexity index is 159. The molecular formula is C11H23NO. The predicted molar refractivity (Wildman–Crippen MR) is 56.6 cm³/mol. The molecule has 0 atom stereocenters. The van der Waals surface area contributed by atoms with Crippen LogP contribution in [0.1, 0.15) is 53.9 Å². The van der Waals surface area contributed by atoms with Crippen LogP contribution < -0.4 is 5.32 Å². The van der Waals surface area contributed by atoms with Gasteiger partial charge in [0, 0.05) is 11.5 Å². The second-order valence-electron chi connectivity index (χ2n) is 4.22. The van der Waals surface area contributed by atoms with E-state index >= 15 is 0 Å². The third-order valence-corrected chi connectivity index (χ3v) is 2.82. The first kappa shape index (κ1) is 12.5. The summed E-state index contributed by atoms with van der Waals surface area (Å²) in [7, 11) is 0. The molecule has 0 unspecified atom stereocenters. The minimum Gasteiger partial charge on any atom is -0.353 e. The molecule has 1 N–H and O–H groups in total. The number of amides is 1. The summed E-state index contributed by atoms with van der Waals surface area (Å²) in [4.78, 5) is 11.7. The van der Waals surface area contributed by atoms with Crippen LogP contribution in [0.15, 0.2) is 0 Å². The average Bonchev–Trinajstić information content (AvgIpc) is 2.13. The zero-order chi connectivity index (χ0) is 10.5. The maximum atomic E-state index is 11.7. The molecule has 0 aliphatic carbocycles. The lowest BCUT2D eigenvalue weighted by Gasteiger charge is -2.25. The Morgan fingerprint density at radius 1 is 1.23 bits per heavy atom. The average molecular weight is 185 g/mol. The molecule has 0 saturated heterocycles. The molecule has 0 aliphatic heterocycles. The predicted octanol–water partition coefficient (Wildman–Crippen LogP) is 2.73. The Morgan fingerprint density at radius 2 is 1.69 bits per heavy atom. The molecule has 0 rings (SSSR count). The minimum absolute atomic E-state index is 0.184. The molecule has 0 spiro atoms. The molecular weight excluding hydrogens is 162 g/mol. The van der Waals surface area contributed by atoms with Crippen LogP contribution in [0, 0.1) is 5.41 Å². The van der Waals surface area contributed by atoms with Crippen LogP contribution in [0.25, 0.3) is 0 Å². The molecule has 0 heterocycles. The fraction of sp³-hybridized carbons (Fsp3) is 0.909. The number of hydrogen-bond acceptors (Lipinski definition) is 1. The number of hydrogen-bond donors (Lipinski definition) is 1. The van der Waals surface area contributed by atoms with Crippen molar-refractivity contribution in [3.05, 3.63) is 0 Å². The van der Waals surface area contributed by atoms with Gasteiger partial charge in [-0.1, -0.05) is 34.6 Å². The fourth-order valence-electron chi connectivity index (χ4n) is 1.03. The highest BCUT2D eigenvalue weighted by Gasteiger charge is 2.26. The number of rotatable bonds is 5. The second kappa shape index (κ2) is 5.25. The van der Waals surface area contributed by atoms with Crippen molar-refractivity contribution >= 4 is 5.91 Å². The summed E-state index contributed by atoms with van der Waals surface area (Å²) in [6, 6.07) is 0.346. The van der Waals surface area contributed by atoms with Crippen LogP contribution in [0.4, 0.5) is 0 Å². The Labute approximate surface area is 82.1 Å². The van der Waals surface area contributed by atoms with Crippen molar-refractivity contribution in [2.75, 3.05) is 0 Å². The quantitative estimate of drug-likeness (QED) is 0.701. The molecule has 0 fully saturated rings. The molecule has 2 nitrogen and oxygen atoms in total. The highest BCUT2D eigenvalue weighted by atomic mass is 16.2. The van der Waals surface area contributed by atoms with E-state index in [1.807, 2.05) is 20.8 Å². The van der Waals surface area contributed by atoms with Crippen LogP contribution in [0.5, 0.6) is 0 Å². The van der Waals surface area contributed by atoms with Crippen molar-refractivity contribution in [3.63, 3.8) is 0 Å². The van der Waals surface area contributed by atoms with Crippen molar-refractivity contribution in [1.82, 2.24) is 5.32 Å². The van der Waals surface area contributed by atoms with Crippen LogP contribution in [0.3, 0.4) is 0 Å². The molecule has 2 heteroatoms. The summed E-state index contributed by atoms with van der Waals surface area (Å²) in [5.41, 5.74) is -0.220. The van der Waals surface area contributed by atoms with E-state index in [1.165, 1.54) is 0 Å². The third-order valence-electron chi connectivity index (χ3n) is 2.82. The van der Waals surface area contributed by atoms with Gasteiger partial charge in [0.05, 0.1) is 0 Å². The van der Waals surface area contributed by atoms with Crippen LogP contribution in [0.2, 0.25) is 0 Å². The molecule has 0 saturated carbocycles. The summed E-state index contributed by atoms with van der Waals surface area (Å²) in [5.74, 6) is 0.184. The lowest BCUT2D eigenvalue weighted by molar-refractivity contribution is -0.130. The maximum Gasteiger partial charge on any atom is 0.225 e. The van der Waals surface area contributed by atoms with Gasteiger partial charge in [0.25, 0.3) is 0 Å².